The lowest BCUT2D eigenvalue weighted by molar-refractivity contribution is -0.133. The van der Waals surface area contributed by atoms with Crippen molar-refractivity contribution in [2.75, 3.05) is 50.8 Å². The van der Waals surface area contributed by atoms with Gasteiger partial charge in [0.25, 0.3) is 6.43 Å². The Bertz CT molecular complexity index is 293. The number of hydrogen-bond acceptors (Lipinski definition) is 4. The molecule has 0 aliphatic carbocycles. The second-order valence-electron chi connectivity index (χ2n) is 5.00. The zero-order chi connectivity index (χ0) is 13.7. The highest BCUT2D eigenvalue weighted by Gasteiger charge is 2.25. The molecule has 2 fully saturated rings. The summed E-state index contributed by atoms with van der Waals surface area (Å²) in [5, 5.41) is 3.35. The van der Waals surface area contributed by atoms with Crippen molar-refractivity contribution in [2.45, 2.75) is 18.9 Å². The number of nitrogens with zero attached hydrogens (tertiary/aromatic N) is 2. The molecule has 1 amide bonds. The number of thioether (sulfide) groups is 1. The largest absolute Gasteiger partial charge is 0.340 e. The van der Waals surface area contributed by atoms with Crippen LogP contribution in [0.1, 0.15) is 6.42 Å². The van der Waals surface area contributed by atoms with Crippen LogP contribution in [0.5, 0.6) is 0 Å². The average molecular weight is 293 g/mol. The topological polar surface area (TPSA) is 35.6 Å². The van der Waals surface area contributed by atoms with Gasteiger partial charge in [0.1, 0.15) is 0 Å². The van der Waals surface area contributed by atoms with Gasteiger partial charge >= 0.3 is 0 Å². The SMILES string of the molecule is O=C(CC1CSCCN1)N1CCN(CC(F)F)CC1. The lowest BCUT2D eigenvalue weighted by atomic mass is 10.2. The summed E-state index contributed by atoms with van der Waals surface area (Å²) >= 11 is 1.87. The summed E-state index contributed by atoms with van der Waals surface area (Å²) in [6, 6.07) is 0.269. The van der Waals surface area contributed by atoms with Crippen molar-refractivity contribution in [3.8, 4) is 0 Å². The molecule has 0 saturated carbocycles. The molecule has 0 bridgehead atoms. The van der Waals surface area contributed by atoms with E-state index < -0.39 is 6.43 Å². The van der Waals surface area contributed by atoms with Crippen molar-refractivity contribution in [2.24, 2.45) is 0 Å². The summed E-state index contributed by atoms with van der Waals surface area (Å²) in [5.41, 5.74) is 0. The second-order valence-corrected chi connectivity index (χ2v) is 6.15. The van der Waals surface area contributed by atoms with Gasteiger partial charge in [0.15, 0.2) is 0 Å². The van der Waals surface area contributed by atoms with Crippen molar-refractivity contribution in [1.82, 2.24) is 15.1 Å². The minimum atomic E-state index is -2.29. The highest BCUT2D eigenvalue weighted by molar-refractivity contribution is 7.99. The zero-order valence-corrected chi connectivity index (χ0v) is 11.8. The molecule has 2 aliphatic heterocycles. The van der Waals surface area contributed by atoms with Crippen molar-refractivity contribution < 1.29 is 13.6 Å². The number of nitrogens with one attached hydrogen (secondary N) is 1. The highest BCUT2D eigenvalue weighted by Crippen LogP contribution is 2.13. The van der Waals surface area contributed by atoms with Gasteiger partial charge in [0.2, 0.25) is 5.91 Å². The van der Waals surface area contributed by atoms with E-state index >= 15 is 0 Å². The third-order valence-electron chi connectivity index (χ3n) is 3.54. The number of carbonyl (C=O) groups is 1. The van der Waals surface area contributed by atoms with Crippen LogP contribution in [0.15, 0.2) is 0 Å². The maximum atomic E-state index is 12.3. The van der Waals surface area contributed by atoms with Gasteiger partial charge in [-0.1, -0.05) is 0 Å². The van der Waals surface area contributed by atoms with Gasteiger partial charge in [-0.25, -0.2) is 8.78 Å². The molecule has 0 aromatic carbocycles. The van der Waals surface area contributed by atoms with Crippen molar-refractivity contribution in [3.63, 3.8) is 0 Å². The molecule has 2 rings (SSSR count). The molecule has 0 radical (unpaired) electrons. The number of amides is 1. The van der Waals surface area contributed by atoms with E-state index in [9.17, 15) is 13.6 Å². The van der Waals surface area contributed by atoms with E-state index in [0.717, 1.165) is 18.1 Å². The number of hydrogen-bond donors (Lipinski definition) is 1. The predicted molar refractivity (Wildman–Crippen MR) is 72.8 cm³/mol. The zero-order valence-electron chi connectivity index (χ0n) is 11.0. The van der Waals surface area contributed by atoms with Crippen LogP contribution in [0.25, 0.3) is 0 Å². The van der Waals surface area contributed by atoms with Gasteiger partial charge in [-0.2, -0.15) is 11.8 Å². The van der Waals surface area contributed by atoms with Gasteiger partial charge in [0, 0.05) is 56.7 Å². The minimum absolute atomic E-state index is 0.150. The van der Waals surface area contributed by atoms with Crippen LogP contribution in [0.3, 0.4) is 0 Å². The first kappa shape index (κ1) is 15.0. The predicted octanol–water partition coefficient (Wildman–Crippen LogP) is 0.491. The van der Waals surface area contributed by atoms with Crippen LogP contribution in [-0.2, 0) is 4.79 Å². The van der Waals surface area contributed by atoms with Gasteiger partial charge in [-0.05, 0) is 0 Å². The van der Waals surface area contributed by atoms with Crippen LogP contribution in [0, 0.1) is 0 Å². The third kappa shape index (κ3) is 4.89. The Labute approximate surface area is 116 Å². The monoisotopic (exact) mass is 293 g/mol. The van der Waals surface area contributed by atoms with Crippen molar-refractivity contribution >= 4 is 17.7 Å². The first-order chi connectivity index (χ1) is 9.15. The van der Waals surface area contributed by atoms with Gasteiger partial charge in [0.05, 0.1) is 6.54 Å². The smallest absolute Gasteiger partial charge is 0.251 e. The van der Waals surface area contributed by atoms with E-state index in [1.54, 1.807) is 4.90 Å². The van der Waals surface area contributed by atoms with Gasteiger partial charge < -0.3 is 10.2 Å². The summed E-state index contributed by atoms with van der Waals surface area (Å²) in [7, 11) is 0. The number of halogens is 2. The molecule has 0 spiro atoms. The molecule has 2 aliphatic rings. The molecular formula is C12H21F2N3OS. The number of rotatable bonds is 4. The van der Waals surface area contributed by atoms with E-state index in [1.165, 1.54) is 0 Å². The van der Waals surface area contributed by atoms with Crippen LogP contribution in [0.2, 0.25) is 0 Å². The Morgan fingerprint density at radius 3 is 2.63 bits per heavy atom. The number of piperazine rings is 1. The van der Waals surface area contributed by atoms with Crippen LogP contribution in [0.4, 0.5) is 8.78 Å². The fraction of sp³-hybridized carbons (Fsp3) is 0.917. The minimum Gasteiger partial charge on any atom is -0.340 e. The fourth-order valence-electron chi connectivity index (χ4n) is 2.47. The third-order valence-corrected chi connectivity index (χ3v) is 4.67. The van der Waals surface area contributed by atoms with E-state index in [-0.39, 0.29) is 18.5 Å². The maximum Gasteiger partial charge on any atom is 0.251 e. The lowest BCUT2D eigenvalue weighted by Crippen LogP contribution is -2.51. The molecule has 2 heterocycles. The molecule has 110 valence electrons. The second kappa shape index (κ2) is 7.40. The average Bonchev–Trinajstić information content (AvgIpc) is 2.40. The summed E-state index contributed by atoms with van der Waals surface area (Å²) in [6.45, 7) is 3.05. The molecular weight excluding hydrogens is 272 g/mol. The standard InChI is InChI=1S/C12H21F2N3OS/c13-11(14)8-16-2-4-17(5-3-16)12(18)7-10-9-19-6-1-15-10/h10-11,15H,1-9H2. The van der Waals surface area contributed by atoms with Crippen molar-refractivity contribution in [1.29, 1.82) is 0 Å². The van der Waals surface area contributed by atoms with Crippen molar-refractivity contribution in [3.05, 3.63) is 0 Å². The Morgan fingerprint density at radius 2 is 2.05 bits per heavy atom. The Kier molecular flexibility index (Phi) is 5.84. The Morgan fingerprint density at radius 1 is 1.32 bits per heavy atom. The highest BCUT2D eigenvalue weighted by atomic mass is 32.2. The fourth-order valence-corrected chi connectivity index (χ4v) is 3.41. The first-order valence-corrected chi connectivity index (χ1v) is 7.90. The summed E-state index contributed by atoms with van der Waals surface area (Å²) in [6.07, 6.45) is -1.76. The molecule has 19 heavy (non-hydrogen) atoms. The van der Waals surface area contributed by atoms with Crippen LogP contribution >= 0.6 is 11.8 Å². The normalized spacial score (nSPS) is 25.8. The summed E-state index contributed by atoms with van der Waals surface area (Å²) < 4.78 is 24.5. The van der Waals surface area contributed by atoms with Crippen LogP contribution in [-0.4, -0.2) is 78.9 Å². The molecule has 1 atom stereocenters. The van der Waals surface area contributed by atoms with Gasteiger partial charge in [-0.15, -0.1) is 0 Å². The molecule has 7 heteroatoms. The first-order valence-electron chi connectivity index (χ1n) is 6.74. The summed E-state index contributed by atoms with van der Waals surface area (Å²) in [4.78, 5) is 15.6. The van der Waals surface area contributed by atoms with E-state index in [2.05, 4.69) is 5.32 Å². The molecule has 2 saturated heterocycles. The quantitative estimate of drug-likeness (QED) is 0.818. The number of carbonyl (C=O) groups excluding carboxylic acids is 1. The van der Waals surface area contributed by atoms with Gasteiger partial charge in [-0.3, -0.25) is 9.69 Å². The molecule has 0 aromatic rings. The molecule has 0 aromatic heterocycles. The Hall–Kier alpha value is -0.400. The van der Waals surface area contributed by atoms with Crippen LogP contribution < -0.4 is 5.32 Å². The van der Waals surface area contributed by atoms with E-state index in [0.29, 0.717) is 32.6 Å². The summed E-state index contributed by atoms with van der Waals surface area (Å²) in [5.74, 6) is 2.24. The Balaban J connectivity index is 1.69. The molecule has 1 unspecified atom stereocenters. The lowest BCUT2D eigenvalue weighted by Gasteiger charge is -2.35. The van der Waals surface area contributed by atoms with E-state index in [1.807, 2.05) is 16.7 Å². The maximum absolute atomic E-state index is 12.3. The molecule has 1 N–H and O–H groups in total. The number of alkyl halides is 2. The van der Waals surface area contributed by atoms with E-state index in [4.69, 9.17) is 0 Å². The molecule has 4 nitrogen and oxygen atoms in total.